The number of ether oxygens (including phenoxy) is 1. The van der Waals surface area contributed by atoms with Gasteiger partial charge in [0.15, 0.2) is 0 Å². The van der Waals surface area contributed by atoms with Crippen molar-refractivity contribution in [2.24, 2.45) is 0 Å². The fourth-order valence-corrected chi connectivity index (χ4v) is 0.577. The van der Waals surface area contributed by atoms with E-state index < -0.39 is 0 Å². The zero-order valence-corrected chi connectivity index (χ0v) is 6.53. The van der Waals surface area contributed by atoms with Gasteiger partial charge in [-0.25, -0.2) is 0 Å². The first-order chi connectivity index (χ1) is 2.91. The van der Waals surface area contributed by atoms with Gasteiger partial charge in [0.2, 0.25) is 0 Å². The third-order valence-electron chi connectivity index (χ3n) is 0.466. The van der Waals surface area contributed by atoms with Crippen molar-refractivity contribution in [3.63, 3.8) is 0 Å². The van der Waals surface area contributed by atoms with E-state index in [0.717, 1.165) is 18.4 Å². The number of hydrogen-bond acceptors (Lipinski definition) is 1. The van der Waals surface area contributed by atoms with Crippen LogP contribution in [-0.4, -0.2) is 28.9 Å². The minimum absolute atomic E-state index is 0.918. The first-order valence-electron chi connectivity index (χ1n) is 2.19. The molecule has 0 amide bonds. The van der Waals surface area contributed by atoms with Crippen LogP contribution in [0.3, 0.4) is 0 Å². The summed E-state index contributed by atoms with van der Waals surface area (Å²) in [6.07, 6.45) is 1.14. The predicted octanol–water partition coefficient (Wildman–Crippen LogP) is 0.00360. The molecule has 0 aliphatic heterocycles. The average Bonchev–Trinajstić information content (AvgIpc) is 1.61. The summed E-state index contributed by atoms with van der Waals surface area (Å²) < 4.78 is 5.01. The first kappa shape index (κ1) is 6.52. The van der Waals surface area contributed by atoms with Crippen LogP contribution in [0.2, 0.25) is 0 Å². The van der Waals surface area contributed by atoms with Crippen molar-refractivity contribution in [1.82, 2.24) is 0 Å². The van der Waals surface area contributed by atoms with Crippen LogP contribution in [0.25, 0.3) is 0 Å². The molecule has 0 aromatic carbocycles. The molecule has 6 heavy (non-hydrogen) atoms. The molecule has 0 aliphatic rings. The molecular weight excluding hydrogens is 139 g/mol. The molecule has 0 bridgehead atoms. The van der Waals surface area contributed by atoms with Gasteiger partial charge in [0.05, 0.1) is 0 Å². The quantitative estimate of drug-likeness (QED) is 0.406. The molecule has 0 saturated heterocycles. The van der Waals surface area contributed by atoms with Crippen LogP contribution < -0.4 is 0 Å². The molecule has 0 aliphatic carbocycles. The summed E-state index contributed by atoms with van der Waals surface area (Å²) in [7, 11) is 0. The Morgan fingerprint density at radius 3 is 2.50 bits per heavy atom. The SMILES string of the molecule is CCCOC[AsH2]. The van der Waals surface area contributed by atoms with Crippen LogP contribution in [0, 0.1) is 0 Å². The Morgan fingerprint density at radius 1 is 1.67 bits per heavy atom. The van der Waals surface area contributed by atoms with Gasteiger partial charge >= 0.3 is 46.9 Å². The maximum atomic E-state index is 5.01. The van der Waals surface area contributed by atoms with Gasteiger partial charge in [-0.15, -0.1) is 0 Å². The van der Waals surface area contributed by atoms with E-state index in [2.05, 4.69) is 6.92 Å². The van der Waals surface area contributed by atoms with Crippen molar-refractivity contribution < 1.29 is 4.74 Å². The van der Waals surface area contributed by atoms with Crippen LogP contribution in [0.4, 0.5) is 0 Å². The Hall–Kier alpha value is 0.518. The van der Waals surface area contributed by atoms with E-state index in [1.165, 1.54) is 0 Å². The first-order valence-corrected chi connectivity index (χ1v) is 3.91. The van der Waals surface area contributed by atoms with E-state index >= 15 is 0 Å². The second-order valence-corrected chi connectivity index (χ2v) is 1.77. The summed E-state index contributed by atoms with van der Waals surface area (Å²) in [5.74, 6) is 0. The zero-order chi connectivity index (χ0) is 4.83. The van der Waals surface area contributed by atoms with Gasteiger partial charge in [0.25, 0.3) is 0 Å². The van der Waals surface area contributed by atoms with Crippen molar-refractivity contribution in [2.75, 3.05) is 12.0 Å². The van der Waals surface area contributed by atoms with Crippen molar-refractivity contribution in [3.05, 3.63) is 0 Å². The average molecular weight is 150 g/mol. The van der Waals surface area contributed by atoms with E-state index in [4.69, 9.17) is 4.74 Å². The van der Waals surface area contributed by atoms with Gasteiger partial charge in [-0.1, -0.05) is 0 Å². The molecule has 0 rings (SSSR count). The van der Waals surface area contributed by atoms with E-state index in [0.29, 0.717) is 0 Å². The fraction of sp³-hybridized carbons (Fsp3) is 1.00. The minimum atomic E-state index is 0.918. The monoisotopic (exact) mass is 150 g/mol. The van der Waals surface area contributed by atoms with Gasteiger partial charge in [0.1, 0.15) is 0 Å². The Bertz CT molecular complexity index is 19.5. The second-order valence-electron chi connectivity index (χ2n) is 1.07. The third-order valence-corrected chi connectivity index (χ3v) is 0.961. The Morgan fingerprint density at radius 2 is 2.33 bits per heavy atom. The number of hydrogen-bond donors (Lipinski definition) is 0. The molecule has 0 aromatic rings. The van der Waals surface area contributed by atoms with Crippen LogP contribution in [0.15, 0.2) is 0 Å². The molecule has 0 saturated carbocycles. The normalized spacial score (nSPS) is 9.00. The zero-order valence-electron chi connectivity index (χ0n) is 4.11. The molecule has 0 heterocycles. The summed E-state index contributed by atoms with van der Waals surface area (Å²) in [6, 6.07) is 0. The molecule has 38 valence electrons. The van der Waals surface area contributed by atoms with E-state index in [1.807, 2.05) is 0 Å². The second kappa shape index (κ2) is 5.52. The summed E-state index contributed by atoms with van der Waals surface area (Å²) in [5, 5.41) is 0.918. The van der Waals surface area contributed by atoms with E-state index in [9.17, 15) is 0 Å². The molecular formula is C4H11AsO. The van der Waals surface area contributed by atoms with Crippen molar-refractivity contribution in [1.29, 1.82) is 0 Å². The maximum absolute atomic E-state index is 5.01. The van der Waals surface area contributed by atoms with Gasteiger partial charge in [-0.2, -0.15) is 0 Å². The summed E-state index contributed by atoms with van der Waals surface area (Å²) >= 11 is 1.64. The predicted molar refractivity (Wildman–Crippen MR) is 29.7 cm³/mol. The summed E-state index contributed by atoms with van der Waals surface area (Å²) in [6.45, 7) is 3.04. The topological polar surface area (TPSA) is 9.23 Å². The Labute approximate surface area is 47.6 Å². The molecule has 0 aromatic heterocycles. The summed E-state index contributed by atoms with van der Waals surface area (Å²) in [4.78, 5) is 0. The van der Waals surface area contributed by atoms with Crippen molar-refractivity contribution >= 4 is 16.9 Å². The molecule has 0 radical (unpaired) electrons. The van der Waals surface area contributed by atoms with Gasteiger partial charge in [-0.05, 0) is 0 Å². The van der Waals surface area contributed by atoms with Crippen LogP contribution in [-0.2, 0) is 4.74 Å². The molecule has 0 fully saturated rings. The number of rotatable bonds is 3. The van der Waals surface area contributed by atoms with Crippen molar-refractivity contribution in [2.45, 2.75) is 13.3 Å². The van der Waals surface area contributed by atoms with E-state index in [1.54, 1.807) is 16.9 Å². The van der Waals surface area contributed by atoms with Crippen molar-refractivity contribution in [3.8, 4) is 0 Å². The molecule has 2 heteroatoms. The van der Waals surface area contributed by atoms with Gasteiger partial charge < -0.3 is 0 Å². The van der Waals surface area contributed by atoms with Gasteiger partial charge in [-0.3, -0.25) is 0 Å². The van der Waals surface area contributed by atoms with Crippen LogP contribution in [0.5, 0.6) is 0 Å². The standard InChI is InChI=1S/C4H11AsO/c1-2-3-6-4-5/h2-5H2,1H3. The molecule has 1 nitrogen and oxygen atoms in total. The summed E-state index contributed by atoms with van der Waals surface area (Å²) in [5.41, 5.74) is 0. The third kappa shape index (κ3) is 4.52. The fourth-order valence-electron chi connectivity index (χ4n) is 0.228. The Kier molecular flexibility index (Phi) is 6.00. The van der Waals surface area contributed by atoms with Crippen LogP contribution >= 0.6 is 0 Å². The Balaban J connectivity index is 2.34. The molecule has 0 N–H and O–H groups in total. The van der Waals surface area contributed by atoms with Gasteiger partial charge in [0, 0.05) is 0 Å². The van der Waals surface area contributed by atoms with E-state index in [-0.39, 0.29) is 0 Å². The molecule has 0 spiro atoms. The molecule has 1 atom stereocenters. The molecule has 1 unspecified atom stereocenters. The van der Waals surface area contributed by atoms with Crippen LogP contribution in [0.1, 0.15) is 13.3 Å².